The van der Waals surface area contributed by atoms with Gasteiger partial charge in [-0.3, -0.25) is 4.79 Å². The Morgan fingerprint density at radius 1 is 2.00 bits per heavy atom. The number of rotatable bonds is 2. The lowest BCUT2D eigenvalue weighted by Gasteiger charge is -2.18. The first-order valence-electron chi connectivity index (χ1n) is 2.09. The standard InChI is InChI=1S/C3H7N2O3/c1-2-3(6)8-5(4)7/h2,4H2,1H3/q-1. The molecule has 0 radical (unpaired) electrons. The van der Waals surface area contributed by atoms with Crippen LogP contribution in [0.3, 0.4) is 0 Å². The highest BCUT2D eigenvalue weighted by Gasteiger charge is 1.94. The zero-order chi connectivity index (χ0) is 6.57. The lowest BCUT2D eigenvalue weighted by atomic mass is 10.5. The maximum absolute atomic E-state index is 10.1. The Morgan fingerprint density at radius 2 is 2.50 bits per heavy atom. The Morgan fingerprint density at radius 3 is 2.62 bits per heavy atom. The molecule has 0 aromatic carbocycles. The van der Waals surface area contributed by atoms with E-state index in [1.54, 1.807) is 6.92 Å². The summed E-state index contributed by atoms with van der Waals surface area (Å²) in [5.74, 6) is 3.77. The number of nitrogens with two attached hydrogens (primary N) is 1. The van der Waals surface area contributed by atoms with E-state index in [9.17, 15) is 10.0 Å². The molecular weight excluding hydrogens is 112 g/mol. The topological polar surface area (TPSA) is 78.6 Å². The normalized spacial score (nSPS) is 9.50. The highest BCUT2D eigenvalue weighted by atomic mass is 16.9. The first-order valence-corrected chi connectivity index (χ1v) is 2.09. The molecule has 0 aromatic heterocycles. The molecule has 2 N–H and O–H groups in total. The lowest BCUT2D eigenvalue weighted by molar-refractivity contribution is -0.178. The summed E-state index contributed by atoms with van der Waals surface area (Å²) in [5, 5.41) is 9.30. The third-order valence-electron chi connectivity index (χ3n) is 0.480. The summed E-state index contributed by atoms with van der Waals surface area (Å²) in [5.41, 5.74) is 0. The zero-order valence-electron chi connectivity index (χ0n) is 4.46. The first-order chi connectivity index (χ1) is 3.66. The van der Waals surface area contributed by atoms with Gasteiger partial charge in [0.25, 0.3) is 0 Å². The van der Waals surface area contributed by atoms with Gasteiger partial charge in [0.1, 0.15) is 0 Å². The van der Waals surface area contributed by atoms with E-state index in [-0.39, 0.29) is 11.8 Å². The summed E-state index contributed by atoms with van der Waals surface area (Å²) in [6.07, 6.45) is 0.149. The second kappa shape index (κ2) is 3.36. The quantitative estimate of drug-likeness (QED) is 0.392. The Kier molecular flexibility index (Phi) is 3.09. The van der Waals surface area contributed by atoms with Crippen molar-refractivity contribution in [3.63, 3.8) is 0 Å². The smallest absolute Gasteiger partial charge is 0.325 e. The van der Waals surface area contributed by atoms with E-state index in [0.717, 1.165) is 0 Å². The van der Waals surface area contributed by atoms with Crippen molar-refractivity contribution in [2.75, 3.05) is 0 Å². The number of carbonyl (C=O) groups excluding carboxylic acids is 1. The van der Waals surface area contributed by atoms with Gasteiger partial charge in [0, 0.05) is 6.42 Å². The van der Waals surface area contributed by atoms with Gasteiger partial charge in [-0.15, -0.1) is 5.34 Å². The molecule has 0 saturated heterocycles. The van der Waals surface area contributed by atoms with Crippen LogP contribution in [0.4, 0.5) is 0 Å². The van der Waals surface area contributed by atoms with Gasteiger partial charge in [-0.05, 0) is 0 Å². The van der Waals surface area contributed by atoms with Crippen molar-refractivity contribution in [2.45, 2.75) is 13.3 Å². The summed E-state index contributed by atoms with van der Waals surface area (Å²) < 4.78 is 0. The molecule has 8 heavy (non-hydrogen) atoms. The van der Waals surface area contributed by atoms with Gasteiger partial charge in [-0.2, -0.15) is 0 Å². The SMILES string of the molecule is CCC(=O)ON(N)[O-]. The molecule has 0 spiro atoms. The minimum Gasteiger partial charge on any atom is -0.738 e. The first kappa shape index (κ1) is 7.35. The van der Waals surface area contributed by atoms with Gasteiger partial charge in [-0.1, -0.05) is 6.92 Å². The van der Waals surface area contributed by atoms with E-state index in [2.05, 4.69) is 10.7 Å². The van der Waals surface area contributed by atoms with E-state index in [1.165, 1.54) is 0 Å². The van der Waals surface area contributed by atoms with Gasteiger partial charge in [-0.25, -0.2) is 5.84 Å². The molecule has 0 unspecified atom stereocenters. The van der Waals surface area contributed by atoms with E-state index in [1.807, 2.05) is 0 Å². The number of hydrogen-bond donors (Lipinski definition) is 1. The van der Waals surface area contributed by atoms with Crippen molar-refractivity contribution < 1.29 is 9.63 Å². The molecule has 0 rings (SSSR count). The molecule has 0 saturated carbocycles. The minimum absolute atomic E-state index is 0.149. The summed E-state index contributed by atoms with van der Waals surface area (Å²) in [6, 6.07) is 0. The Bertz CT molecular complexity index is 82.6. The number of hydrogen-bond acceptors (Lipinski definition) is 5. The molecule has 48 valence electrons. The molecule has 5 nitrogen and oxygen atoms in total. The fourth-order valence-corrected chi connectivity index (χ4v) is 0.165. The van der Waals surface area contributed by atoms with Crippen molar-refractivity contribution in [3.05, 3.63) is 5.21 Å². The average molecular weight is 119 g/mol. The number of nitrogens with zero attached hydrogens (tertiary/aromatic N) is 1. The lowest BCUT2D eigenvalue weighted by Crippen LogP contribution is -2.27. The maximum Gasteiger partial charge on any atom is 0.325 e. The highest BCUT2D eigenvalue weighted by molar-refractivity contribution is 5.68. The van der Waals surface area contributed by atoms with E-state index < -0.39 is 5.97 Å². The van der Waals surface area contributed by atoms with Crippen LogP contribution in [0.25, 0.3) is 0 Å². The van der Waals surface area contributed by atoms with E-state index >= 15 is 0 Å². The zero-order valence-corrected chi connectivity index (χ0v) is 4.46. The summed E-state index contributed by atoms with van der Waals surface area (Å²) in [6.45, 7) is 1.56. The molecule has 0 aliphatic heterocycles. The predicted octanol–water partition coefficient (Wildman–Crippen LogP) is -0.472. The van der Waals surface area contributed by atoms with Crippen LogP contribution in [0, 0.1) is 5.21 Å². The molecule has 0 aliphatic rings. The van der Waals surface area contributed by atoms with Crippen LogP contribution in [0.1, 0.15) is 13.3 Å². The fourth-order valence-electron chi connectivity index (χ4n) is 0.165. The molecule has 0 atom stereocenters. The largest absolute Gasteiger partial charge is 0.738 e. The molecule has 0 heterocycles. The van der Waals surface area contributed by atoms with Crippen molar-refractivity contribution in [2.24, 2.45) is 5.84 Å². The van der Waals surface area contributed by atoms with Gasteiger partial charge in [0.2, 0.25) is 0 Å². The number of hydrazine groups is 1. The van der Waals surface area contributed by atoms with Crippen LogP contribution in [0.2, 0.25) is 0 Å². The van der Waals surface area contributed by atoms with Crippen LogP contribution in [-0.4, -0.2) is 11.3 Å². The Balaban J connectivity index is 3.25. The molecule has 0 aromatic rings. The van der Waals surface area contributed by atoms with Crippen LogP contribution in [0.5, 0.6) is 0 Å². The van der Waals surface area contributed by atoms with Crippen molar-refractivity contribution in [3.8, 4) is 0 Å². The van der Waals surface area contributed by atoms with Crippen LogP contribution < -0.4 is 5.84 Å². The van der Waals surface area contributed by atoms with Crippen molar-refractivity contribution in [1.82, 2.24) is 5.34 Å². The number of carbonyl (C=O) groups is 1. The van der Waals surface area contributed by atoms with Crippen LogP contribution in [-0.2, 0) is 9.63 Å². The van der Waals surface area contributed by atoms with Crippen LogP contribution in [0.15, 0.2) is 0 Å². The van der Waals surface area contributed by atoms with Crippen LogP contribution >= 0.6 is 0 Å². The summed E-state index contributed by atoms with van der Waals surface area (Å²) >= 11 is 0. The Labute approximate surface area is 46.5 Å². The average Bonchev–Trinajstić information content (AvgIpc) is 1.65. The second-order valence-electron chi connectivity index (χ2n) is 1.10. The third-order valence-corrected chi connectivity index (χ3v) is 0.480. The summed E-state index contributed by atoms with van der Waals surface area (Å²) in [4.78, 5) is 13.9. The monoisotopic (exact) mass is 119 g/mol. The minimum atomic E-state index is -0.637. The van der Waals surface area contributed by atoms with Gasteiger partial charge in [0.15, 0.2) is 0 Å². The van der Waals surface area contributed by atoms with Gasteiger partial charge in [0.05, 0.1) is 0 Å². The molecule has 0 fully saturated rings. The fraction of sp³-hybridized carbons (Fsp3) is 0.667. The molecule has 0 aliphatic carbocycles. The van der Waals surface area contributed by atoms with Gasteiger partial charge >= 0.3 is 5.97 Å². The van der Waals surface area contributed by atoms with Crippen molar-refractivity contribution >= 4 is 5.97 Å². The van der Waals surface area contributed by atoms with Crippen molar-refractivity contribution in [1.29, 1.82) is 0 Å². The van der Waals surface area contributed by atoms with E-state index in [0.29, 0.717) is 0 Å². The van der Waals surface area contributed by atoms with E-state index in [4.69, 9.17) is 0 Å². The Hall–Kier alpha value is -0.650. The highest BCUT2D eigenvalue weighted by Crippen LogP contribution is 1.83. The molecule has 0 bridgehead atoms. The van der Waals surface area contributed by atoms with Gasteiger partial charge < -0.3 is 10.0 Å². The second-order valence-corrected chi connectivity index (χ2v) is 1.10. The summed E-state index contributed by atoms with van der Waals surface area (Å²) in [7, 11) is 0. The molecule has 5 heteroatoms. The molecule has 0 amide bonds. The predicted molar refractivity (Wildman–Crippen MR) is 25.8 cm³/mol. The third kappa shape index (κ3) is 3.54. The maximum atomic E-state index is 10.1. The molecular formula is C3H7N2O3-.